The zero-order chi connectivity index (χ0) is 12.1. The summed E-state index contributed by atoms with van der Waals surface area (Å²) in [7, 11) is 0. The third kappa shape index (κ3) is 3.30. The Kier molecular flexibility index (Phi) is 4.57. The first-order chi connectivity index (χ1) is 8.31. The topological polar surface area (TPSA) is 46.3 Å². The van der Waals surface area contributed by atoms with Crippen LogP contribution in [0.15, 0.2) is 16.8 Å². The van der Waals surface area contributed by atoms with Crippen LogP contribution in [0.5, 0.6) is 0 Å². The fourth-order valence-electron chi connectivity index (χ4n) is 2.40. The van der Waals surface area contributed by atoms with Crippen molar-refractivity contribution in [3.05, 3.63) is 22.4 Å². The molecular formula is C13H20N2OS. The number of piperidine rings is 1. The number of likely N-dealkylation sites (tertiary alicyclic amines) is 1. The van der Waals surface area contributed by atoms with Crippen LogP contribution < -0.4 is 5.73 Å². The minimum atomic E-state index is 0.270. The van der Waals surface area contributed by atoms with Crippen molar-refractivity contribution in [2.24, 2.45) is 5.73 Å². The van der Waals surface area contributed by atoms with Crippen LogP contribution in [0.2, 0.25) is 0 Å². The van der Waals surface area contributed by atoms with Gasteiger partial charge < -0.3 is 10.6 Å². The molecule has 4 heteroatoms. The van der Waals surface area contributed by atoms with E-state index < -0.39 is 0 Å². The molecule has 3 nitrogen and oxygen atoms in total. The molecule has 0 spiro atoms. The fraction of sp³-hybridized carbons (Fsp3) is 0.615. The minimum absolute atomic E-state index is 0.270. The highest BCUT2D eigenvalue weighted by molar-refractivity contribution is 7.07. The van der Waals surface area contributed by atoms with Crippen molar-refractivity contribution < 1.29 is 4.79 Å². The largest absolute Gasteiger partial charge is 0.338 e. The van der Waals surface area contributed by atoms with E-state index in [0.717, 1.165) is 25.8 Å². The molecule has 1 aliphatic heterocycles. The number of aryl methyl sites for hydroxylation is 1. The van der Waals surface area contributed by atoms with Crippen LogP contribution in [0.3, 0.4) is 0 Å². The van der Waals surface area contributed by atoms with E-state index in [4.69, 9.17) is 5.73 Å². The summed E-state index contributed by atoms with van der Waals surface area (Å²) in [5, 5.41) is 4.17. The maximum absolute atomic E-state index is 12.1. The van der Waals surface area contributed by atoms with Crippen molar-refractivity contribution in [3.8, 4) is 0 Å². The Morgan fingerprint density at radius 3 is 3.12 bits per heavy atom. The third-order valence-electron chi connectivity index (χ3n) is 3.43. The molecule has 1 atom stereocenters. The lowest BCUT2D eigenvalue weighted by molar-refractivity contribution is -0.134. The van der Waals surface area contributed by atoms with Gasteiger partial charge in [-0.2, -0.15) is 11.3 Å². The molecule has 0 aromatic carbocycles. The molecular weight excluding hydrogens is 232 g/mol. The second kappa shape index (κ2) is 6.17. The van der Waals surface area contributed by atoms with Crippen molar-refractivity contribution in [1.82, 2.24) is 4.90 Å². The Morgan fingerprint density at radius 2 is 2.41 bits per heavy atom. The van der Waals surface area contributed by atoms with Crippen molar-refractivity contribution in [2.75, 3.05) is 13.1 Å². The molecule has 1 aromatic heterocycles. The first-order valence-corrected chi connectivity index (χ1v) is 7.26. The molecule has 2 heterocycles. The lowest BCUT2D eigenvalue weighted by atomic mass is 10.0. The summed E-state index contributed by atoms with van der Waals surface area (Å²) in [4.78, 5) is 14.1. The molecule has 1 aliphatic rings. The number of carbonyl (C=O) groups excluding carboxylic acids is 1. The maximum Gasteiger partial charge on any atom is 0.223 e. The highest BCUT2D eigenvalue weighted by Gasteiger charge is 2.24. The van der Waals surface area contributed by atoms with Gasteiger partial charge in [-0.1, -0.05) is 0 Å². The second-order valence-electron chi connectivity index (χ2n) is 4.60. The van der Waals surface area contributed by atoms with E-state index in [1.54, 1.807) is 11.3 Å². The molecule has 0 saturated carbocycles. The molecule has 2 rings (SSSR count). The second-order valence-corrected chi connectivity index (χ2v) is 5.38. The molecule has 1 amide bonds. The molecule has 94 valence electrons. The van der Waals surface area contributed by atoms with Gasteiger partial charge in [-0.3, -0.25) is 4.79 Å². The number of hydrogen-bond acceptors (Lipinski definition) is 3. The number of hydrogen-bond donors (Lipinski definition) is 1. The van der Waals surface area contributed by atoms with E-state index in [-0.39, 0.29) is 11.9 Å². The monoisotopic (exact) mass is 252 g/mol. The van der Waals surface area contributed by atoms with Crippen LogP contribution in [0.4, 0.5) is 0 Å². The van der Waals surface area contributed by atoms with E-state index >= 15 is 0 Å². The molecule has 2 N–H and O–H groups in total. The molecule has 17 heavy (non-hydrogen) atoms. The highest BCUT2D eigenvalue weighted by Crippen LogP contribution is 2.18. The van der Waals surface area contributed by atoms with E-state index in [9.17, 15) is 4.79 Å². The number of nitrogens with two attached hydrogens (primary N) is 1. The van der Waals surface area contributed by atoms with Gasteiger partial charge in [0, 0.05) is 25.6 Å². The maximum atomic E-state index is 12.1. The summed E-state index contributed by atoms with van der Waals surface area (Å²) in [5.74, 6) is 0.270. The number of carbonyl (C=O) groups is 1. The first-order valence-electron chi connectivity index (χ1n) is 6.32. The smallest absolute Gasteiger partial charge is 0.223 e. The van der Waals surface area contributed by atoms with Gasteiger partial charge in [-0.15, -0.1) is 0 Å². The zero-order valence-corrected chi connectivity index (χ0v) is 10.9. The van der Waals surface area contributed by atoms with Gasteiger partial charge in [-0.05, 0) is 48.1 Å². The van der Waals surface area contributed by atoms with Crippen molar-refractivity contribution in [1.29, 1.82) is 0 Å². The molecule has 1 unspecified atom stereocenters. The number of nitrogens with zero attached hydrogens (tertiary/aromatic N) is 1. The van der Waals surface area contributed by atoms with Crippen LogP contribution in [0.1, 0.15) is 31.2 Å². The van der Waals surface area contributed by atoms with Gasteiger partial charge in [0.2, 0.25) is 5.91 Å². The van der Waals surface area contributed by atoms with Gasteiger partial charge in [0.05, 0.1) is 0 Å². The molecule has 0 aliphatic carbocycles. The number of thiophene rings is 1. The molecule has 0 bridgehead atoms. The quantitative estimate of drug-likeness (QED) is 0.891. The summed E-state index contributed by atoms with van der Waals surface area (Å²) in [6.07, 6.45) is 4.88. The first kappa shape index (κ1) is 12.6. The van der Waals surface area contributed by atoms with E-state index in [0.29, 0.717) is 13.0 Å². The Morgan fingerprint density at radius 1 is 1.53 bits per heavy atom. The summed E-state index contributed by atoms with van der Waals surface area (Å²) in [6.45, 7) is 1.49. The summed E-state index contributed by atoms with van der Waals surface area (Å²) >= 11 is 1.69. The average Bonchev–Trinajstić information content (AvgIpc) is 2.89. The summed E-state index contributed by atoms with van der Waals surface area (Å²) in [5.41, 5.74) is 7.00. The van der Waals surface area contributed by atoms with E-state index in [1.165, 1.54) is 12.0 Å². The Bertz CT molecular complexity index is 350. The Labute approximate surface area is 107 Å². The SMILES string of the molecule is NCC1CCCCN1C(=O)CCc1ccsc1. The van der Waals surface area contributed by atoms with Crippen LogP contribution >= 0.6 is 11.3 Å². The van der Waals surface area contributed by atoms with Gasteiger partial charge in [0.15, 0.2) is 0 Å². The van der Waals surface area contributed by atoms with Crippen molar-refractivity contribution in [3.63, 3.8) is 0 Å². The molecule has 0 radical (unpaired) electrons. The van der Waals surface area contributed by atoms with Gasteiger partial charge in [0.1, 0.15) is 0 Å². The van der Waals surface area contributed by atoms with Gasteiger partial charge >= 0.3 is 0 Å². The standard InChI is InChI=1S/C13H20N2OS/c14-9-12-3-1-2-7-15(12)13(16)5-4-11-6-8-17-10-11/h6,8,10,12H,1-5,7,9,14H2. The molecule has 1 fully saturated rings. The van der Waals surface area contributed by atoms with E-state index in [2.05, 4.69) is 16.8 Å². The number of rotatable bonds is 4. The molecule has 1 saturated heterocycles. The third-order valence-corrected chi connectivity index (χ3v) is 4.16. The highest BCUT2D eigenvalue weighted by atomic mass is 32.1. The predicted octanol–water partition coefficient (Wildman–Crippen LogP) is 2.02. The Balaban J connectivity index is 1.85. The summed E-state index contributed by atoms with van der Waals surface area (Å²) in [6, 6.07) is 2.37. The lowest BCUT2D eigenvalue weighted by Crippen LogP contribution is -2.47. The number of amides is 1. The van der Waals surface area contributed by atoms with Gasteiger partial charge in [0.25, 0.3) is 0 Å². The zero-order valence-electron chi connectivity index (χ0n) is 10.1. The van der Waals surface area contributed by atoms with E-state index in [1.807, 2.05) is 4.90 Å². The van der Waals surface area contributed by atoms with Crippen LogP contribution in [-0.4, -0.2) is 29.9 Å². The minimum Gasteiger partial charge on any atom is -0.338 e. The van der Waals surface area contributed by atoms with Crippen molar-refractivity contribution >= 4 is 17.2 Å². The Hall–Kier alpha value is -0.870. The fourth-order valence-corrected chi connectivity index (χ4v) is 3.11. The predicted molar refractivity (Wildman–Crippen MR) is 71.0 cm³/mol. The lowest BCUT2D eigenvalue weighted by Gasteiger charge is -2.35. The van der Waals surface area contributed by atoms with Crippen LogP contribution in [0, 0.1) is 0 Å². The van der Waals surface area contributed by atoms with Gasteiger partial charge in [-0.25, -0.2) is 0 Å². The summed E-state index contributed by atoms with van der Waals surface area (Å²) < 4.78 is 0. The van der Waals surface area contributed by atoms with Crippen LogP contribution in [-0.2, 0) is 11.2 Å². The average molecular weight is 252 g/mol. The normalized spacial score (nSPS) is 20.5. The van der Waals surface area contributed by atoms with Crippen LogP contribution in [0.25, 0.3) is 0 Å². The van der Waals surface area contributed by atoms with Crippen molar-refractivity contribution in [2.45, 2.75) is 38.1 Å². The molecule has 1 aromatic rings.